The highest BCUT2D eigenvalue weighted by atomic mass is 19.4. The summed E-state index contributed by atoms with van der Waals surface area (Å²) in [5, 5.41) is 11.6. The Balaban J connectivity index is 1.78. The van der Waals surface area contributed by atoms with E-state index in [9.17, 15) is 22.4 Å². The molecule has 0 saturated heterocycles. The van der Waals surface area contributed by atoms with Crippen LogP contribution in [-0.4, -0.2) is 36.7 Å². The smallest absolute Gasteiger partial charge is 0.339 e. The molecule has 0 aliphatic rings. The molecule has 0 atom stereocenters. The van der Waals surface area contributed by atoms with E-state index in [1.165, 1.54) is 44.2 Å². The van der Waals surface area contributed by atoms with Gasteiger partial charge in [0.1, 0.15) is 18.9 Å². The van der Waals surface area contributed by atoms with Crippen LogP contribution in [0.25, 0.3) is 11.4 Å². The molecule has 27 heavy (non-hydrogen) atoms. The number of carbonyl (C=O) groups excluding carboxylic acids is 1. The number of ketones is 1. The van der Waals surface area contributed by atoms with Crippen molar-refractivity contribution in [1.29, 1.82) is 0 Å². The summed E-state index contributed by atoms with van der Waals surface area (Å²) in [5.41, 5.74) is 1.27. The number of hydrogen-bond acceptors (Lipinski definition) is 4. The van der Waals surface area contributed by atoms with Crippen molar-refractivity contribution in [1.82, 2.24) is 24.8 Å². The fourth-order valence-corrected chi connectivity index (χ4v) is 2.74. The van der Waals surface area contributed by atoms with Crippen molar-refractivity contribution in [3.63, 3.8) is 0 Å². The van der Waals surface area contributed by atoms with Gasteiger partial charge in [-0.15, -0.1) is 10.2 Å². The molecule has 0 aliphatic heterocycles. The summed E-state index contributed by atoms with van der Waals surface area (Å²) >= 11 is 0. The predicted molar refractivity (Wildman–Crippen MR) is 87.5 cm³/mol. The van der Waals surface area contributed by atoms with E-state index in [0.717, 1.165) is 9.36 Å². The first kappa shape index (κ1) is 18.7. The van der Waals surface area contributed by atoms with Crippen molar-refractivity contribution in [3.05, 3.63) is 53.1 Å². The molecule has 0 radical (unpaired) electrons. The summed E-state index contributed by atoms with van der Waals surface area (Å²) in [5.74, 6) is -0.625. The average Bonchev–Trinajstić information content (AvgIpc) is 3.14. The Kier molecular flexibility index (Phi) is 4.81. The lowest BCUT2D eigenvalue weighted by atomic mass is 10.1. The van der Waals surface area contributed by atoms with Crippen LogP contribution < -0.4 is 0 Å². The van der Waals surface area contributed by atoms with Gasteiger partial charge in [0.05, 0.1) is 0 Å². The van der Waals surface area contributed by atoms with Gasteiger partial charge >= 0.3 is 6.18 Å². The van der Waals surface area contributed by atoms with Gasteiger partial charge in [0, 0.05) is 22.5 Å². The number of halogens is 4. The van der Waals surface area contributed by atoms with Crippen molar-refractivity contribution < 1.29 is 22.4 Å². The van der Waals surface area contributed by atoms with Gasteiger partial charge < -0.3 is 4.57 Å². The zero-order valence-corrected chi connectivity index (χ0v) is 14.5. The molecule has 0 fully saturated rings. The van der Waals surface area contributed by atoms with Crippen molar-refractivity contribution in [2.45, 2.75) is 33.1 Å². The van der Waals surface area contributed by atoms with Gasteiger partial charge in [0.2, 0.25) is 5.82 Å². The van der Waals surface area contributed by atoms with E-state index in [-0.39, 0.29) is 23.6 Å². The van der Waals surface area contributed by atoms with Crippen molar-refractivity contribution >= 4 is 5.78 Å². The minimum Gasteiger partial charge on any atom is -0.339 e. The number of hydrogen-bond donors (Lipinski definition) is 0. The van der Waals surface area contributed by atoms with Crippen LogP contribution in [-0.2, 0) is 13.1 Å². The molecule has 0 saturated carbocycles. The van der Waals surface area contributed by atoms with Gasteiger partial charge in [0.15, 0.2) is 5.78 Å². The lowest BCUT2D eigenvalue weighted by Gasteiger charge is -2.12. The van der Waals surface area contributed by atoms with E-state index in [0.29, 0.717) is 11.3 Å². The van der Waals surface area contributed by atoms with E-state index in [1.54, 1.807) is 0 Å². The summed E-state index contributed by atoms with van der Waals surface area (Å²) in [6, 6.07) is 6.86. The molecule has 0 spiro atoms. The highest BCUT2D eigenvalue weighted by Gasteiger charge is 2.30. The highest BCUT2D eigenvalue weighted by molar-refractivity contribution is 5.97. The molecule has 1 aromatic carbocycles. The van der Waals surface area contributed by atoms with Crippen LogP contribution in [0.2, 0.25) is 0 Å². The minimum absolute atomic E-state index is 0.178. The van der Waals surface area contributed by atoms with Crippen molar-refractivity contribution in [2.24, 2.45) is 0 Å². The van der Waals surface area contributed by atoms with E-state index in [2.05, 4.69) is 15.4 Å². The third-order valence-electron chi connectivity index (χ3n) is 4.05. The van der Waals surface area contributed by atoms with Gasteiger partial charge in [-0.3, -0.25) is 4.79 Å². The zero-order chi connectivity index (χ0) is 19.8. The van der Waals surface area contributed by atoms with Crippen LogP contribution in [0.5, 0.6) is 0 Å². The molecule has 2 heterocycles. The monoisotopic (exact) mass is 381 g/mol. The molecular weight excluding hydrogens is 366 g/mol. The summed E-state index contributed by atoms with van der Waals surface area (Å²) in [6.07, 6.45) is -4.38. The third-order valence-corrected chi connectivity index (χ3v) is 4.05. The van der Waals surface area contributed by atoms with Crippen LogP contribution in [0.4, 0.5) is 17.6 Å². The molecular formula is C17H15F4N5O. The molecule has 142 valence electrons. The standard InChI is InChI=1S/C17H15F4N5O/c1-10-7-14(11(2)25(10)9-17(19,20)21)15(27)8-26-23-16(22-24-26)12-3-5-13(18)6-4-12/h3-7H,8-9H2,1-2H3. The SMILES string of the molecule is Cc1cc(C(=O)Cn2nnc(-c3ccc(F)cc3)n2)c(C)n1CC(F)(F)F. The minimum atomic E-state index is -4.38. The maximum Gasteiger partial charge on any atom is 0.406 e. The number of carbonyl (C=O) groups is 1. The maximum atomic E-state index is 13.0. The number of aryl methyl sites for hydroxylation is 1. The lowest BCUT2D eigenvalue weighted by molar-refractivity contribution is -0.141. The highest BCUT2D eigenvalue weighted by Crippen LogP contribution is 2.23. The van der Waals surface area contributed by atoms with Gasteiger partial charge in [-0.2, -0.15) is 18.0 Å². The molecule has 0 unspecified atom stereocenters. The second-order valence-electron chi connectivity index (χ2n) is 6.06. The summed E-state index contributed by atoms with van der Waals surface area (Å²) in [4.78, 5) is 13.5. The number of benzene rings is 1. The first-order valence-corrected chi connectivity index (χ1v) is 7.94. The maximum absolute atomic E-state index is 13.0. The summed E-state index contributed by atoms with van der Waals surface area (Å²) < 4.78 is 52.1. The molecule has 0 aliphatic carbocycles. The first-order chi connectivity index (χ1) is 12.6. The Bertz CT molecular complexity index is 972. The molecule has 0 N–H and O–H groups in total. The van der Waals surface area contributed by atoms with Gasteiger partial charge in [-0.25, -0.2) is 4.39 Å². The Morgan fingerprint density at radius 2 is 1.81 bits per heavy atom. The average molecular weight is 381 g/mol. The Morgan fingerprint density at radius 3 is 2.44 bits per heavy atom. The Hall–Kier alpha value is -3.04. The number of nitrogens with zero attached hydrogens (tertiary/aromatic N) is 5. The van der Waals surface area contributed by atoms with Crippen molar-refractivity contribution in [3.8, 4) is 11.4 Å². The van der Waals surface area contributed by atoms with Crippen LogP contribution in [0, 0.1) is 19.7 Å². The molecule has 6 nitrogen and oxygen atoms in total. The quantitative estimate of drug-likeness (QED) is 0.502. The summed E-state index contributed by atoms with van der Waals surface area (Å²) in [7, 11) is 0. The molecule has 10 heteroatoms. The van der Waals surface area contributed by atoms with E-state index < -0.39 is 24.3 Å². The Morgan fingerprint density at radius 1 is 1.15 bits per heavy atom. The molecule has 3 rings (SSSR count). The fourth-order valence-electron chi connectivity index (χ4n) is 2.74. The van der Waals surface area contributed by atoms with Crippen LogP contribution in [0.3, 0.4) is 0 Å². The number of alkyl halides is 3. The Labute approximate surface area is 151 Å². The van der Waals surface area contributed by atoms with Crippen molar-refractivity contribution in [2.75, 3.05) is 0 Å². The fraction of sp³-hybridized carbons (Fsp3) is 0.294. The predicted octanol–water partition coefficient (Wildman–Crippen LogP) is 3.34. The first-order valence-electron chi connectivity index (χ1n) is 7.94. The summed E-state index contributed by atoms with van der Waals surface area (Å²) in [6.45, 7) is 1.54. The second kappa shape index (κ2) is 6.93. The van der Waals surface area contributed by atoms with E-state index in [1.807, 2.05) is 0 Å². The number of tetrazole rings is 1. The van der Waals surface area contributed by atoms with Gasteiger partial charge in [0.25, 0.3) is 0 Å². The molecule has 0 bridgehead atoms. The lowest BCUT2D eigenvalue weighted by Crippen LogP contribution is -2.20. The zero-order valence-electron chi connectivity index (χ0n) is 14.5. The third kappa shape index (κ3) is 4.21. The van der Waals surface area contributed by atoms with E-state index in [4.69, 9.17) is 0 Å². The molecule has 3 aromatic rings. The topological polar surface area (TPSA) is 65.6 Å². The van der Waals surface area contributed by atoms with Crippen LogP contribution >= 0.6 is 0 Å². The van der Waals surface area contributed by atoms with Gasteiger partial charge in [-0.1, -0.05) is 0 Å². The largest absolute Gasteiger partial charge is 0.406 e. The second-order valence-corrected chi connectivity index (χ2v) is 6.06. The normalized spacial score (nSPS) is 11.8. The number of aromatic nitrogens is 5. The van der Waals surface area contributed by atoms with Crippen LogP contribution in [0.1, 0.15) is 21.7 Å². The molecule has 0 amide bonds. The van der Waals surface area contributed by atoms with E-state index >= 15 is 0 Å². The number of rotatable bonds is 5. The van der Waals surface area contributed by atoms with Gasteiger partial charge in [-0.05, 0) is 49.4 Å². The van der Waals surface area contributed by atoms with Crippen LogP contribution in [0.15, 0.2) is 30.3 Å². The number of Topliss-reactive ketones (excluding diaryl/α,β-unsaturated/α-hetero) is 1. The molecule has 2 aromatic heterocycles.